The molecule has 0 fully saturated rings. The van der Waals surface area contributed by atoms with Crippen molar-refractivity contribution in [1.29, 1.82) is 0 Å². The number of H-pyrrole nitrogens is 2. The molecule has 0 atom stereocenters. The normalized spacial score (nSPS) is 10.2. The van der Waals surface area contributed by atoms with Crippen LogP contribution in [-0.2, 0) is 25.5 Å². The summed E-state index contributed by atoms with van der Waals surface area (Å²) in [5.41, 5.74) is 17.2. The van der Waals surface area contributed by atoms with E-state index in [1.54, 1.807) is 116 Å². The van der Waals surface area contributed by atoms with Crippen molar-refractivity contribution in [2.24, 2.45) is 11.5 Å². The SMILES string of the molecule is NC(=O)c1ccc(-c2nnc(-c3ccc(C(N)=O)cc3)nn2)cc1.O=COc1cc(-c2nnc(-c3c[c-]cc(C(=O)O)c3)nn2)cc(S(=O)(=O)[O-])c1.O=S(=O)=O.[Na+].[Na+].c1cc(-c2nnc(-c3ccncc3)nn2)ccn1.c1ccc(-c2nnc(-c3ccccn3)nn2)nc1.c1ccc(-c2nnc(-c3cccnc3)nn2)nc1.c1n[nH]c(-c2nnc(-c3ncn[nH]3)nn2)n1. The molecule has 0 aliphatic carbocycles. The summed E-state index contributed by atoms with van der Waals surface area (Å²) in [6, 6.07) is 50.1. The number of aromatic carboxylic acids is 1. The van der Waals surface area contributed by atoms with Gasteiger partial charge in [0, 0.05) is 100 Å². The van der Waals surface area contributed by atoms with Crippen LogP contribution in [0.3, 0.4) is 0 Å². The number of aromatic nitrogens is 36. The summed E-state index contributed by atoms with van der Waals surface area (Å²) in [6.45, 7) is 0.0622. The number of carbonyl (C=O) groups is 4. The Morgan fingerprint density at radius 2 is 0.727 bits per heavy atom. The molecule has 0 radical (unpaired) electrons. The van der Waals surface area contributed by atoms with Crippen LogP contribution in [0.1, 0.15) is 31.1 Å². The maximum absolute atomic E-state index is 11.3. The summed E-state index contributed by atoms with van der Waals surface area (Å²) >= 11 is 0. The Morgan fingerprint density at radius 3 is 1.05 bits per heavy atom. The minimum atomic E-state index is -4.84. The van der Waals surface area contributed by atoms with Crippen LogP contribution >= 0.6 is 0 Å². The first-order valence-electron chi connectivity index (χ1n) is 34.9. The Balaban J connectivity index is 0.000000159. The molecule has 14 aromatic heterocycles. The zero-order chi connectivity index (χ0) is 88.4. The second-order valence-corrected chi connectivity index (χ2v) is 25.4. The first-order valence-corrected chi connectivity index (χ1v) is 37.3. The predicted octanol–water partition coefficient (Wildman–Crippen LogP) is -2.65. The van der Waals surface area contributed by atoms with Crippen LogP contribution in [-0.4, -0.2) is 238 Å². The molecule has 54 heteroatoms. The predicted molar refractivity (Wildman–Crippen MR) is 425 cm³/mol. The molecule has 0 bridgehead atoms. The number of pyridine rings is 6. The van der Waals surface area contributed by atoms with Crippen LogP contribution in [0.4, 0.5) is 0 Å². The van der Waals surface area contributed by atoms with Gasteiger partial charge >= 0.3 is 69.7 Å². The number of amides is 2. The summed E-state index contributed by atoms with van der Waals surface area (Å²) in [6.07, 6.45) is 17.8. The third-order valence-electron chi connectivity index (χ3n) is 15.4. The zero-order valence-corrected chi connectivity index (χ0v) is 70.9. The van der Waals surface area contributed by atoms with Crippen LogP contribution in [0.25, 0.3) is 138 Å². The fourth-order valence-corrected chi connectivity index (χ4v) is 10.1. The van der Waals surface area contributed by atoms with Gasteiger partial charge < -0.3 is 25.9 Å². The molecule has 50 nitrogen and oxygen atoms in total. The number of primary amides is 2. The molecule has 0 saturated heterocycles. The molecule has 7 N–H and O–H groups in total. The molecule has 18 rings (SSSR count). The molecule has 2 amide bonds. The standard InChI is InChI=1S/C16H12N6O2.C16H9N4O7S.3C12H8N6.C6H4N10.2Na.O3S/c17-13(23)9-1-5-11(6-2-9)15-19-21-16(22-20-15)12-7-3-10(4-8-12)14(18)24;21-8-27-12-5-11(6-13(7-12)28(24,25)26)15-19-17-14(18-20-15)9-2-1-3-10(4-9)16(22)23;1-5-13-6-2-9(1)11-15-17-12(18-16-11)10-3-7-14-8-4-10;1-3-7-13-9(5-1)11-15-17-12(18-16-11)10-6-2-4-8-14-10;1-2-7-14-10(5-1)12-17-15-11(16-18-12)9-4-3-6-13-8-9;1-7-3(11-9-1)5-13-15-6(16-14-5)4-8-2-10-12-4;;;1-4(2)3/h1-8H,(H2,17,23)(H2,18,24);2-8H,(H,22,23)(H,24,25,26);3*1-8H;1-2H,(H,7,9,11)(H,8,10,12);;;/q;-1;;;;;2*+1;/p-1. The Kier molecular flexibility index (Phi) is 34.2. The molecule has 128 heavy (non-hydrogen) atoms. The Morgan fingerprint density at radius 1 is 0.375 bits per heavy atom. The minimum absolute atomic E-state index is 0. The molecule has 620 valence electrons. The number of carboxylic acids is 1. The summed E-state index contributed by atoms with van der Waals surface area (Å²) < 4.78 is 63.8. The van der Waals surface area contributed by atoms with E-state index in [9.17, 15) is 32.1 Å². The van der Waals surface area contributed by atoms with Crippen molar-refractivity contribution >= 4 is 45.0 Å². The molecular weight excluding hydrogens is 1720 g/mol. The van der Waals surface area contributed by atoms with Crippen LogP contribution in [0, 0.1) is 6.07 Å². The van der Waals surface area contributed by atoms with E-state index in [1.807, 2.05) is 78.9 Å². The second kappa shape index (κ2) is 46.9. The number of ether oxygens (including phenoxy) is 1. The van der Waals surface area contributed by atoms with Gasteiger partial charge in [0.25, 0.3) is 12.4 Å². The second-order valence-electron chi connectivity index (χ2n) is 23.6. The van der Waals surface area contributed by atoms with Crippen LogP contribution in [0.15, 0.2) is 249 Å². The summed E-state index contributed by atoms with van der Waals surface area (Å²) in [4.78, 5) is 75.0. The van der Waals surface area contributed by atoms with E-state index in [-0.39, 0.29) is 106 Å². The first-order chi connectivity index (χ1) is 61.3. The van der Waals surface area contributed by atoms with E-state index in [0.717, 1.165) is 28.8 Å². The quantitative estimate of drug-likeness (QED) is 0.0253. The van der Waals surface area contributed by atoms with E-state index in [2.05, 4.69) is 193 Å². The van der Waals surface area contributed by atoms with E-state index in [0.29, 0.717) is 103 Å². The fourth-order valence-electron chi connectivity index (χ4n) is 9.55. The number of rotatable bonds is 18. The fraction of sp³-hybridized carbons (Fsp3) is 0. The number of nitrogens with zero attached hydrogens (tertiary/aromatic N) is 34. The number of aromatic amines is 2. The molecule has 14 heterocycles. The molecule has 0 saturated carbocycles. The van der Waals surface area contributed by atoms with Crippen molar-refractivity contribution in [1.82, 2.24) is 183 Å². The summed E-state index contributed by atoms with van der Waals surface area (Å²) in [7, 11) is -7.95. The molecule has 0 unspecified atom stereocenters. The molecule has 18 aromatic rings. The monoisotopic (exact) mass is 1770 g/mol. The molecule has 4 aromatic carbocycles. The third kappa shape index (κ3) is 27.3. The van der Waals surface area contributed by atoms with E-state index >= 15 is 0 Å². The number of benzene rings is 4. The number of carboxylic acid groups (broad SMARTS) is 1. The van der Waals surface area contributed by atoms with Gasteiger partial charge in [-0.15, -0.1) is 141 Å². The number of nitrogens with one attached hydrogen (secondary N) is 2. The maximum atomic E-state index is 11.3. The van der Waals surface area contributed by atoms with Gasteiger partial charge in [0.1, 0.15) is 51.4 Å². The van der Waals surface area contributed by atoms with Crippen molar-refractivity contribution in [3.8, 4) is 143 Å². The van der Waals surface area contributed by atoms with Gasteiger partial charge in [-0.25, -0.2) is 18.4 Å². The van der Waals surface area contributed by atoms with Crippen molar-refractivity contribution in [3.05, 3.63) is 267 Å². The summed E-state index contributed by atoms with van der Waals surface area (Å²) in [5, 5.41) is 117. The van der Waals surface area contributed by atoms with E-state index < -0.39 is 43.4 Å². The van der Waals surface area contributed by atoms with Gasteiger partial charge in [0.05, 0.1) is 4.90 Å². The smallest absolute Gasteiger partial charge is 0.744 e. The average molecular weight is 1770 g/mol. The number of carbonyl (C=O) groups excluding carboxylic acids is 3. The first kappa shape index (κ1) is 93.4. The van der Waals surface area contributed by atoms with Gasteiger partial charge in [0.15, 0.2) is 11.6 Å². The Bertz CT molecular complexity index is 6260. The molecule has 0 spiro atoms. The van der Waals surface area contributed by atoms with Crippen LogP contribution < -0.4 is 75.3 Å². The van der Waals surface area contributed by atoms with Gasteiger partial charge in [0.2, 0.25) is 75.9 Å². The van der Waals surface area contributed by atoms with Gasteiger partial charge in [-0.2, -0.15) is 28.4 Å². The Hall–Kier alpha value is -16.9. The van der Waals surface area contributed by atoms with Gasteiger partial charge in [-0.1, -0.05) is 53.6 Å². The number of hydrogen-bond donors (Lipinski definition) is 5. The largest absolute Gasteiger partial charge is 1.00 e. The van der Waals surface area contributed by atoms with Crippen LogP contribution in [0.5, 0.6) is 5.75 Å². The van der Waals surface area contributed by atoms with Gasteiger partial charge in [-0.3, -0.25) is 59.3 Å². The number of hydrogen-bond acceptors (Lipinski definition) is 45. The zero-order valence-electron chi connectivity index (χ0n) is 65.3. The topological polar surface area (TPSA) is 728 Å². The van der Waals surface area contributed by atoms with Crippen molar-refractivity contribution in [2.45, 2.75) is 4.90 Å². The van der Waals surface area contributed by atoms with Gasteiger partial charge in [-0.05, 0) is 115 Å². The molecule has 0 aliphatic heterocycles. The van der Waals surface area contributed by atoms with Crippen LogP contribution in [0.2, 0.25) is 0 Å². The third-order valence-corrected chi connectivity index (χ3v) is 16.2. The van der Waals surface area contributed by atoms with E-state index in [1.165, 1.54) is 36.9 Å². The van der Waals surface area contributed by atoms with Crippen molar-refractivity contribution in [3.63, 3.8) is 0 Å². The summed E-state index contributed by atoms with van der Waals surface area (Å²) in [5.74, 6) is 2.07. The van der Waals surface area contributed by atoms with Crippen molar-refractivity contribution < 1.29 is 114 Å². The number of nitrogens with two attached hydrogens (primary N) is 2. The maximum Gasteiger partial charge on any atom is 1.00 e. The minimum Gasteiger partial charge on any atom is -0.744 e. The average Bonchev–Trinajstić information content (AvgIpc) is 1.33. The molecular formula is C74H48N38Na2O12S2. The van der Waals surface area contributed by atoms with Crippen molar-refractivity contribution in [2.75, 3.05) is 0 Å². The molecule has 0 aliphatic rings. The van der Waals surface area contributed by atoms with E-state index in [4.69, 9.17) is 29.2 Å². The Labute approximate surface area is 762 Å².